The van der Waals surface area contributed by atoms with Gasteiger partial charge in [0.05, 0.1) is 5.56 Å². The molecule has 0 saturated carbocycles. The highest BCUT2D eigenvalue weighted by Gasteiger charge is 2.18. The van der Waals surface area contributed by atoms with Crippen LogP contribution in [0.25, 0.3) is 0 Å². The highest BCUT2D eigenvalue weighted by molar-refractivity contribution is 5.94. The molecule has 2 amide bonds. The van der Waals surface area contributed by atoms with Crippen LogP contribution in [0.4, 0.5) is 13.2 Å². The summed E-state index contributed by atoms with van der Waals surface area (Å²) in [5, 5.41) is 4.68. The molecule has 110 valence electrons. The Morgan fingerprint density at radius 2 is 1.75 bits per heavy atom. The molecule has 8 heteroatoms. The minimum Gasteiger partial charge on any atom is -0.375 e. The fraction of sp³-hybridized carbons (Fsp3) is 0.333. The van der Waals surface area contributed by atoms with Crippen LogP contribution in [0.1, 0.15) is 10.4 Å². The van der Waals surface area contributed by atoms with Gasteiger partial charge in [-0.3, -0.25) is 9.59 Å². The van der Waals surface area contributed by atoms with Crippen LogP contribution >= 0.6 is 0 Å². The highest BCUT2D eigenvalue weighted by atomic mass is 19.2. The Bertz CT molecular complexity index is 509. The van der Waals surface area contributed by atoms with E-state index in [2.05, 4.69) is 15.4 Å². The van der Waals surface area contributed by atoms with E-state index in [4.69, 9.17) is 0 Å². The van der Waals surface area contributed by atoms with Crippen molar-refractivity contribution in [3.8, 4) is 0 Å². The summed E-state index contributed by atoms with van der Waals surface area (Å²) in [5.41, 5.74) is -0.605. The van der Waals surface area contributed by atoms with Crippen LogP contribution in [0.3, 0.4) is 0 Å². The van der Waals surface area contributed by atoms with E-state index in [0.29, 0.717) is 6.07 Å². The van der Waals surface area contributed by atoms with Crippen molar-refractivity contribution in [2.75, 3.05) is 26.8 Å². The first kappa shape index (κ1) is 16.0. The van der Waals surface area contributed by atoms with E-state index in [9.17, 15) is 22.8 Å². The number of methoxy groups -OCH3 is 1. The van der Waals surface area contributed by atoms with E-state index >= 15 is 0 Å². The van der Waals surface area contributed by atoms with Crippen molar-refractivity contribution in [2.24, 2.45) is 0 Å². The zero-order chi connectivity index (χ0) is 15.1. The molecule has 0 bridgehead atoms. The van der Waals surface area contributed by atoms with Crippen LogP contribution in [-0.4, -0.2) is 38.6 Å². The van der Waals surface area contributed by atoms with Gasteiger partial charge in [-0.05, 0) is 12.1 Å². The Morgan fingerprint density at radius 1 is 1.10 bits per heavy atom. The van der Waals surface area contributed by atoms with Crippen LogP contribution in [0.5, 0.6) is 0 Å². The van der Waals surface area contributed by atoms with Gasteiger partial charge in [0.15, 0.2) is 17.5 Å². The average Bonchev–Trinajstić information content (AvgIpc) is 2.41. The summed E-state index contributed by atoms with van der Waals surface area (Å²) in [6, 6.07) is 1.50. The van der Waals surface area contributed by atoms with Crippen LogP contribution in [0.15, 0.2) is 12.1 Å². The normalized spacial score (nSPS) is 10.2. The lowest BCUT2D eigenvalue weighted by atomic mass is 10.2. The highest BCUT2D eigenvalue weighted by Crippen LogP contribution is 2.14. The molecule has 0 saturated heterocycles. The first-order chi connectivity index (χ1) is 9.47. The number of carbonyl (C=O) groups is 2. The number of benzene rings is 1. The predicted molar refractivity (Wildman–Crippen MR) is 63.5 cm³/mol. The molecule has 0 unspecified atom stereocenters. The maximum Gasteiger partial charge on any atom is 0.254 e. The fourth-order valence-electron chi connectivity index (χ4n) is 1.36. The number of hydrogen-bond donors (Lipinski definition) is 2. The van der Waals surface area contributed by atoms with Crippen LogP contribution < -0.4 is 10.6 Å². The minimum absolute atomic E-state index is 0.00667. The summed E-state index contributed by atoms with van der Waals surface area (Å²) in [4.78, 5) is 22.5. The van der Waals surface area contributed by atoms with Gasteiger partial charge in [0, 0.05) is 20.2 Å². The van der Waals surface area contributed by atoms with E-state index in [1.54, 1.807) is 0 Å². The molecular weight excluding hydrogens is 277 g/mol. The molecule has 0 atom stereocenters. The van der Waals surface area contributed by atoms with Crippen LogP contribution in [0.2, 0.25) is 0 Å². The van der Waals surface area contributed by atoms with Crippen molar-refractivity contribution in [1.29, 1.82) is 0 Å². The second kappa shape index (κ2) is 7.49. The van der Waals surface area contributed by atoms with Crippen molar-refractivity contribution in [3.05, 3.63) is 35.1 Å². The first-order valence-corrected chi connectivity index (χ1v) is 5.64. The number of nitrogens with one attached hydrogen (secondary N) is 2. The minimum atomic E-state index is -1.70. The Kier molecular flexibility index (Phi) is 5.98. The lowest BCUT2D eigenvalue weighted by Gasteiger charge is -2.08. The molecule has 1 aromatic carbocycles. The monoisotopic (exact) mass is 290 g/mol. The molecule has 0 aromatic heterocycles. The predicted octanol–water partition coefficient (Wildman–Crippen LogP) is 0.596. The summed E-state index contributed by atoms with van der Waals surface area (Å²) in [5.74, 6) is -5.90. The third-order valence-electron chi connectivity index (χ3n) is 2.29. The molecule has 0 aliphatic heterocycles. The van der Waals surface area contributed by atoms with Gasteiger partial charge in [-0.25, -0.2) is 13.2 Å². The quantitative estimate of drug-likeness (QED) is 0.595. The topological polar surface area (TPSA) is 67.4 Å². The van der Waals surface area contributed by atoms with Gasteiger partial charge in [-0.1, -0.05) is 0 Å². The van der Waals surface area contributed by atoms with Gasteiger partial charge >= 0.3 is 0 Å². The Hall–Kier alpha value is -2.09. The van der Waals surface area contributed by atoms with E-state index < -0.39 is 28.9 Å². The second-order valence-electron chi connectivity index (χ2n) is 3.76. The van der Waals surface area contributed by atoms with Gasteiger partial charge in [0.2, 0.25) is 5.91 Å². The molecule has 0 heterocycles. The lowest BCUT2D eigenvalue weighted by Crippen LogP contribution is -2.36. The molecule has 0 fully saturated rings. The third kappa shape index (κ3) is 4.23. The molecule has 1 rings (SSSR count). The molecule has 5 nitrogen and oxygen atoms in total. The number of ether oxygens (including phenoxy) is 1. The SMILES string of the molecule is COCC(=O)NCCNC(=O)c1ccc(F)c(F)c1F. The largest absolute Gasteiger partial charge is 0.375 e. The van der Waals surface area contributed by atoms with Crippen LogP contribution in [-0.2, 0) is 9.53 Å². The van der Waals surface area contributed by atoms with Gasteiger partial charge in [0.25, 0.3) is 5.91 Å². The van der Waals surface area contributed by atoms with Gasteiger partial charge in [0.1, 0.15) is 6.61 Å². The van der Waals surface area contributed by atoms with Crippen molar-refractivity contribution < 1.29 is 27.5 Å². The molecule has 1 aromatic rings. The molecule has 0 radical (unpaired) electrons. The van der Waals surface area contributed by atoms with E-state index in [1.807, 2.05) is 0 Å². The summed E-state index contributed by atoms with van der Waals surface area (Å²) in [7, 11) is 1.35. The maximum atomic E-state index is 13.3. The Labute approximate surface area is 113 Å². The van der Waals surface area contributed by atoms with E-state index in [1.165, 1.54) is 7.11 Å². The Balaban J connectivity index is 2.48. The second-order valence-corrected chi connectivity index (χ2v) is 3.76. The number of carbonyl (C=O) groups excluding carboxylic acids is 2. The Morgan fingerprint density at radius 3 is 2.40 bits per heavy atom. The zero-order valence-corrected chi connectivity index (χ0v) is 10.6. The third-order valence-corrected chi connectivity index (χ3v) is 2.29. The lowest BCUT2D eigenvalue weighted by molar-refractivity contribution is -0.124. The molecule has 2 N–H and O–H groups in total. The van der Waals surface area contributed by atoms with Crippen LogP contribution in [0, 0.1) is 17.5 Å². The summed E-state index contributed by atoms with van der Waals surface area (Å²) in [6.07, 6.45) is 0. The summed E-state index contributed by atoms with van der Waals surface area (Å²) < 4.78 is 43.5. The zero-order valence-electron chi connectivity index (χ0n) is 10.6. The van der Waals surface area contributed by atoms with Crippen molar-refractivity contribution >= 4 is 11.8 Å². The first-order valence-electron chi connectivity index (χ1n) is 5.64. The molecule has 0 aliphatic carbocycles. The van der Waals surface area contributed by atoms with Gasteiger partial charge in [-0.15, -0.1) is 0 Å². The number of rotatable bonds is 6. The maximum absolute atomic E-state index is 13.3. The molecule has 0 aliphatic rings. The van der Waals surface area contributed by atoms with Crippen molar-refractivity contribution in [1.82, 2.24) is 10.6 Å². The average molecular weight is 290 g/mol. The van der Waals surface area contributed by atoms with Gasteiger partial charge in [-0.2, -0.15) is 0 Å². The summed E-state index contributed by atoms with van der Waals surface area (Å²) >= 11 is 0. The van der Waals surface area contributed by atoms with Gasteiger partial charge < -0.3 is 15.4 Å². The number of hydrogen-bond acceptors (Lipinski definition) is 3. The molecular formula is C12H13F3N2O3. The van der Waals surface area contributed by atoms with E-state index in [0.717, 1.165) is 6.07 Å². The van der Waals surface area contributed by atoms with Crippen molar-refractivity contribution in [2.45, 2.75) is 0 Å². The number of halogens is 3. The van der Waals surface area contributed by atoms with E-state index in [-0.39, 0.29) is 25.6 Å². The molecule has 0 spiro atoms. The standard InChI is InChI=1S/C12H13F3N2O3/c1-20-6-9(18)16-4-5-17-12(19)7-2-3-8(13)11(15)10(7)14/h2-3H,4-6H2,1H3,(H,16,18)(H,17,19). The fourth-order valence-corrected chi connectivity index (χ4v) is 1.36. The molecule has 20 heavy (non-hydrogen) atoms. The van der Waals surface area contributed by atoms with Crippen molar-refractivity contribution in [3.63, 3.8) is 0 Å². The smallest absolute Gasteiger partial charge is 0.254 e. The summed E-state index contributed by atoms with van der Waals surface area (Å²) in [6.45, 7) is -0.0162. The number of amides is 2.